The highest BCUT2D eigenvalue weighted by Gasteiger charge is 2.52. The van der Waals surface area contributed by atoms with Crippen molar-refractivity contribution in [2.45, 2.75) is 102 Å². The van der Waals surface area contributed by atoms with Crippen LogP contribution in [0, 0.1) is 17.8 Å². The summed E-state index contributed by atoms with van der Waals surface area (Å²) >= 11 is 0. The zero-order valence-electron chi connectivity index (χ0n) is 36.4. The molecule has 15 nitrogen and oxygen atoms in total. The minimum atomic E-state index is -0.695. The highest BCUT2D eigenvalue weighted by molar-refractivity contribution is 6.05. The van der Waals surface area contributed by atoms with Crippen molar-refractivity contribution in [3.63, 3.8) is 0 Å². The summed E-state index contributed by atoms with van der Waals surface area (Å²) in [5.74, 6) is 1.58. The second-order valence-corrected chi connectivity index (χ2v) is 18.4. The average molecular weight is 857 g/mol. The van der Waals surface area contributed by atoms with Crippen LogP contribution in [0.25, 0.3) is 44.2 Å². The van der Waals surface area contributed by atoms with Crippen LogP contribution in [-0.2, 0) is 36.6 Å². The largest absolute Gasteiger partial charge is 0.453 e. The van der Waals surface area contributed by atoms with Gasteiger partial charge >= 0.3 is 12.2 Å². The summed E-state index contributed by atoms with van der Waals surface area (Å²) in [5, 5.41) is 7.73. The van der Waals surface area contributed by atoms with Gasteiger partial charge in [-0.2, -0.15) is 0 Å². The van der Waals surface area contributed by atoms with E-state index in [-0.39, 0.29) is 41.8 Å². The van der Waals surface area contributed by atoms with E-state index in [1.807, 2.05) is 23.6 Å². The van der Waals surface area contributed by atoms with E-state index < -0.39 is 24.3 Å². The number of H-pyrrole nitrogens is 2. The van der Waals surface area contributed by atoms with Gasteiger partial charge in [-0.05, 0) is 110 Å². The summed E-state index contributed by atoms with van der Waals surface area (Å²) in [7, 11) is 2.63. The van der Waals surface area contributed by atoms with E-state index in [0.29, 0.717) is 38.5 Å². The molecule has 6 unspecified atom stereocenters. The van der Waals surface area contributed by atoms with E-state index in [2.05, 4.69) is 69.1 Å². The highest BCUT2D eigenvalue weighted by atomic mass is 16.5. The second kappa shape index (κ2) is 16.6. The molecule has 6 atom stereocenters. The Morgan fingerprint density at radius 2 is 1.60 bits per heavy atom. The van der Waals surface area contributed by atoms with Gasteiger partial charge in [0.25, 0.3) is 0 Å². The second-order valence-electron chi connectivity index (χ2n) is 18.4. The van der Waals surface area contributed by atoms with Crippen molar-refractivity contribution in [1.29, 1.82) is 0 Å². The Morgan fingerprint density at radius 3 is 2.40 bits per heavy atom. The fourth-order valence-corrected chi connectivity index (χ4v) is 11.2. The maximum absolute atomic E-state index is 14.5. The quantitative estimate of drug-likeness (QED) is 0.120. The smallest absolute Gasteiger partial charge is 0.407 e. The minimum absolute atomic E-state index is 0.0211. The standard InChI is InChI=1S/C48H56N8O7/c1-25(2)38(53-47(59)61-3)45(57)55-19-5-6-37(55)43-49-35-15-10-29-22-27(8-13-33(29)40(35)51-43)28-9-14-34-30(23-28)11-16-36-41(34)52-44(50-36)42-31-7-12-32(24-31)56(42)46(58)39(54-48(60)62-4)26-17-20-63-21-18-26/h8-10,13-15,22-23,25-26,31-32,37-39,42H,5-7,11-12,16-21,24H2,1-4H3,(H,49,51)(H,50,52)(H,53,59)(H,54,60). The maximum atomic E-state index is 14.5. The van der Waals surface area contributed by atoms with Crippen LogP contribution in [0.4, 0.5) is 9.59 Å². The fourth-order valence-electron chi connectivity index (χ4n) is 11.2. The molecule has 330 valence electrons. The summed E-state index contributed by atoms with van der Waals surface area (Å²) in [6.45, 7) is 5.56. The normalized spacial score (nSPS) is 22.9. The van der Waals surface area contributed by atoms with Crippen molar-refractivity contribution in [1.82, 2.24) is 40.4 Å². The monoisotopic (exact) mass is 856 g/mol. The van der Waals surface area contributed by atoms with E-state index in [0.717, 1.165) is 106 Å². The predicted molar refractivity (Wildman–Crippen MR) is 235 cm³/mol. The number of rotatable bonds is 9. The molecule has 3 aromatic carbocycles. The Bertz CT molecular complexity index is 2600. The number of ether oxygens (including phenoxy) is 3. The zero-order chi connectivity index (χ0) is 43.5. The van der Waals surface area contributed by atoms with E-state index in [9.17, 15) is 19.2 Å². The molecular weight excluding hydrogens is 801 g/mol. The van der Waals surface area contributed by atoms with Crippen molar-refractivity contribution >= 4 is 45.8 Å². The number of hydrogen-bond acceptors (Lipinski definition) is 9. The van der Waals surface area contributed by atoms with Gasteiger partial charge in [-0.15, -0.1) is 0 Å². The number of piperidine rings is 1. The van der Waals surface area contributed by atoms with Gasteiger partial charge in [0, 0.05) is 42.4 Å². The van der Waals surface area contributed by atoms with Crippen molar-refractivity contribution < 1.29 is 33.4 Å². The lowest BCUT2D eigenvalue weighted by Gasteiger charge is -2.39. The van der Waals surface area contributed by atoms with Gasteiger partial charge in [-0.1, -0.05) is 50.2 Å². The molecule has 0 radical (unpaired) electrons. The lowest BCUT2D eigenvalue weighted by molar-refractivity contribution is -0.140. The van der Waals surface area contributed by atoms with Gasteiger partial charge in [0.15, 0.2) is 0 Å². The van der Waals surface area contributed by atoms with Gasteiger partial charge in [0.2, 0.25) is 11.8 Å². The van der Waals surface area contributed by atoms with E-state index in [1.165, 1.54) is 19.8 Å². The molecule has 1 saturated carbocycles. The molecule has 10 rings (SSSR count). The van der Waals surface area contributed by atoms with Crippen molar-refractivity contribution in [3.05, 3.63) is 71.4 Å². The van der Waals surface area contributed by atoms with Crippen molar-refractivity contribution in [3.8, 4) is 22.4 Å². The summed E-state index contributed by atoms with van der Waals surface area (Å²) in [6.07, 6.45) is 6.47. The molecule has 3 aliphatic heterocycles. The number of fused-ring (bicyclic) bond motifs is 8. The zero-order valence-corrected chi connectivity index (χ0v) is 36.4. The number of benzene rings is 3. The number of methoxy groups -OCH3 is 2. The third-order valence-corrected chi connectivity index (χ3v) is 14.4. The van der Waals surface area contributed by atoms with Crippen LogP contribution in [0.15, 0.2) is 48.5 Å². The van der Waals surface area contributed by atoms with E-state index in [1.54, 1.807) is 0 Å². The Kier molecular flexibility index (Phi) is 10.8. The third kappa shape index (κ3) is 7.37. The first-order valence-electron chi connectivity index (χ1n) is 22.6. The number of likely N-dealkylation sites (tertiary alicyclic amines) is 2. The number of amides is 4. The molecule has 2 bridgehead atoms. The topological polar surface area (TPSA) is 184 Å². The predicted octanol–water partition coefficient (Wildman–Crippen LogP) is 7.12. The lowest BCUT2D eigenvalue weighted by Crippen LogP contribution is -2.55. The summed E-state index contributed by atoms with van der Waals surface area (Å²) < 4.78 is 15.4. The average Bonchev–Trinajstić information content (AvgIpc) is 4.17. The van der Waals surface area contributed by atoms with Crippen LogP contribution >= 0.6 is 0 Å². The number of nitrogens with one attached hydrogen (secondary N) is 4. The van der Waals surface area contributed by atoms with Crippen LogP contribution < -0.4 is 10.6 Å². The number of alkyl carbamates (subject to hydrolysis) is 2. The van der Waals surface area contributed by atoms with Crippen LogP contribution in [0.2, 0.25) is 0 Å². The van der Waals surface area contributed by atoms with Crippen LogP contribution in [-0.4, -0.2) is 106 Å². The van der Waals surface area contributed by atoms with Crippen LogP contribution in [0.3, 0.4) is 0 Å². The first-order valence-corrected chi connectivity index (χ1v) is 22.6. The first kappa shape index (κ1) is 41.1. The Hall–Kier alpha value is -5.96. The summed E-state index contributed by atoms with van der Waals surface area (Å²) in [5.41, 5.74) is 8.42. The molecule has 4 amide bonds. The van der Waals surface area contributed by atoms with Gasteiger partial charge in [0.05, 0.1) is 43.0 Å². The Morgan fingerprint density at radius 1 is 0.825 bits per heavy atom. The number of carbonyl (C=O) groups excluding carboxylic acids is 4. The van der Waals surface area contributed by atoms with Crippen LogP contribution in [0.5, 0.6) is 0 Å². The van der Waals surface area contributed by atoms with Crippen LogP contribution in [0.1, 0.15) is 93.8 Å². The number of imidazole rings is 2. The SMILES string of the molecule is COC(=O)NC(C(=O)N1CCCC1c1nc2c(ccc3cc(-c4ccc5c(c4)CCc4[nH]c(C6C7CCC(C7)N6C(=O)C(NC(=O)OC)C6CCOCC6)nc4-5)ccc32)[nH]1)C(C)C. The Labute approximate surface area is 366 Å². The Balaban J connectivity index is 0.896. The molecule has 5 aromatic rings. The summed E-state index contributed by atoms with van der Waals surface area (Å²) in [6, 6.07) is 15.7. The molecule has 5 aliphatic rings. The molecule has 4 fully saturated rings. The lowest BCUT2D eigenvalue weighted by atomic mass is 9.89. The molecule has 5 heterocycles. The minimum Gasteiger partial charge on any atom is -0.453 e. The molecular formula is C48H56N8O7. The van der Waals surface area contributed by atoms with E-state index in [4.69, 9.17) is 24.2 Å². The third-order valence-electron chi connectivity index (χ3n) is 14.4. The maximum Gasteiger partial charge on any atom is 0.407 e. The highest BCUT2D eigenvalue weighted by Crippen LogP contribution is 2.51. The molecule has 4 N–H and O–H groups in total. The van der Waals surface area contributed by atoms with Gasteiger partial charge < -0.3 is 44.6 Å². The molecule has 2 aromatic heterocycles. The number of hydrogen-bond donors (Lipinski definition) is 4. The van der Waals surface area contributed by atoms with Gasteiger partial charge in [0.1, 0.15) is 23.7 Å². The molecule has 63 heavy (non-hydrogen) atoms. The van der Waals surface area contributed by atoms with Crippen molar-refractivity contribution in [2.24, 2.45) is 17.8 Å². The number of nitrogens with zero attached hydrogens (tertiary/aromatic N) is 4. The van der Waals surface area contributed by atoms with Crippen molar-refractivity contribution in [2.75, 3.05) is 34.0 Å². The van der Waals surface area contributed by atoms with Gasteiger partial charge in [-0.3, -0.25) is 9.59 Å². The molecule has 15 heteroatoms. The number of aryl methyl sites for hydroxylation is 2. The van der Waals surface area contributed by atoms with Gasteiger partial charge in [-0.25, -0.2) is 19.6 Å². The molecule has 0 spiro atoms. The fraction of sp³-hybridized carbons (Fsp3) is 0.500. The first-order chi connectivity index (χ1) is 30.6. The van der Waals surface area contributed by atoms with E-state index >= 15 is 0 Å². The molecule has 2 aliphatic carbocycles. The number of carbonyl (C=O) groups is 4. The number of aromatic amines is 2. The number of aromatic nitrogens is 4. The summed E-state index contributed by atoms with van der Waals surface area (Å²) in [4.78, 5) is 74.4. The molecule has 3 saturated heterocycles.